The molecule has 0 bridgehead atoms. The van der Waals surface area contributed by atoms with Crippen molar-refractivity contribution in [2.24, 2.45) is 4.99 Å². The Bertz CT molecular complexity index is 343. The molecule has 0 radical (unpaired) electrons. The smallest absolute Gasteiger partial charge is 0.242 e. The van der Waals surface area contributed by atoms with Gasteiger partial charge in [-0.3, -0.25) is 0 Å². The van der Waals surface area contributed by atoms with E-state index >= 15 is 0 Å². The quantitative estimate of drug-likeness (QED) is 0.522. The zero-order valence-electron chi connectivity index (χ0n) is 7.57. The van der Waals surface area contributed by atoms with Gasteiger partial charge < -0.3 is 4.74 Å². The van der Waals surface area contributed by atoms with Crippen LogP contribution in [0.2, 0.25) is 0 Å². The van der Waals surface area contributed by atoms with E-state index in [4.69, 9.17) is 4.74 Å². The minimum atomic E-state index is 0.273. The average molecular weight is 178 g/mol. The van der Waals surface area contributed by atoms with Gasteiger partial charge >= 0.3 is 0 Å². The Morgan fingerprint density at radius 3 is 3.00 bits per heavy atom. The van der Waals surface area contributed by atoms with Gasteiger partial charge in [0.05, 0.1) is 7.11 Å². The highest BCUT2D eigenvalue weighted by Crippen LogP contribution is 2.24. The molecule has 4 nitrogen and oxygen atoms in total. The number of carbonyl (C=O) groups excluding carboxylic acids is 1. The first-order chi connectivity index (χ1) is 6.31. The van der Waals surface area contributed by atoms with Gasteiger partial charge in [0.25, 0.3) is 0 Å². The van der Waals surface area contributed by atoms with Gasteiger partial charge in [-0.15, -0.1) is 4.99 Å². The fourth-order valence-corrected chi connectivity index (χ4v) is 0.949. The molecule has 0 aliphatic heterocycles. The summed E-state index contributed by atoms with van der Waals surface area (Å²) in [5.74, 6) is 0.775. The van der Waals surface area contributed by atoms with Gasteiger partial charge in [0.1, 0.15) is 0 Å². The maximum atomic E-state index is 10.0. The van der Waals surface area contributed by atoms with Crippen molar-refractivity contribution in [3.8, 4) is 5.75 Å². The first-order valence-corrected chi connectivity index (χ1v) is 3.92. The molecule has 4 heteroatoms. The van der Waals surface area contributed by atoms with Gasteiger partial charge in [-0.25, -0.2) is 9.78 Å². The van der Waals surface area contributed by atoms with E-state index in [1.54, 1.807) is 6.20 Å². The van der Waals surface area contributed by atoms with Crippen LogP contribution in [0.5, 0.6) is 5.75 Å². The average Bonchev–Trinajstić information content (AvgIpc) is 2.19. The zero-order valence-corrected chi connectivity index (χ0v) is 7.57. The molecule has 0 aromatic carbocycles. The standard InChI is InChI=1S/C9H10N2O2/c1-3-7-4-8(13-2)9(10-5-7)11-6-12/h4-5H,3H2,1-2H3. The van der Waals surface area contributed by atoms with Crippen molar-refractivity contribution >= 4 is 11.9 Å². The van der Waals surface area contributed by atoms with Crippen LogP contribution in [-0.4, -0.2) is 18.2 Å². The van der Waals surface area contributed by atoms with Gasteiger partial charge in [-0.1, -0.05) is 6.92 Å². The molecular formula is C9H10N2O2. The highest BCUT2D eigenvalue weighted by Gasteiger charge is 2.03. The monoisotopic (exact) mass is 178 g/mol. The molecule has 0 amide bonds. The molecule has 0 unspecified atom stereocenters. The predicted molar refractivity (Wildman–Crippen MR) is 47.9 cm³/mol. The first kappa shape index (κ1) is 9.42. The van der Waals surface area contributed by atoms with Gasteiger partial charge in [0, 0.05) is 6.20 Å². The van der Waals surface area contributed by atoms with E-state index in [1.807, 2.05) is 13.0 Å². The third-order valence-corrected chi connectivity index (χ3v) is 1.67. The number of aryl methyl sites for hydroxylation is 1. The van der Waals surface area contributed by atoms with E-state index in [1.165, 1.54) is 13.2 Å². The SMILES string of the molecule is CCc1cnc(N=C=O)c(OC)c1. The first-order valence-electron chi connectivity index (χ1n) is 3.92. The highest BCUT2D eigenvalue weighted by molar-refractivity contribution is 5.53. The number of rotatable bonds is 3. The van der Waals surface area contributed by atoms with E-state index in [0.29, 0.717) is 5.75 Å². The van der Waals surface area contributed by atoms with Gasteiger partial charge in [-0.2, -0.15) is 0 Å². The maximum Gasteiger partial charge on any atom is 0.242 e. The summed E-state index contributed by atoms with van der Waals surface area (Å²) in [7, 11) is 1.51. The highest BCUT2D eigenvalue weighted by atomic mass is 16.5. The Kier molecular flexibility index (Phi) is 3.17. The molecular weight excluding hydrogens is 168 g/mol. The maximum absolute atomic E-state index is 10.0. The molecule has 0 spiro atoms. The third-order valence-electron chi connectivity index (χ3n) is 1.67. The molecule has 0 aliphatic carbocycles. The third kappa shape index (κ3) is 2.13. The van der Waals surface area contributed by atoms with E-state index in [0.717, 1.165) is 12.0 Å². The molecule has 0 saturated carbocycles. The van der Waals surface area contributed by atoms with Crippen molar-refractivity contribution in [2.45, 2.75) is 13.3 Å². The second-order valence-corrected chi connectivity index (χ2v) is 2.43. The van der Waals surface area contributed by atoms with Crippen LogP contribution >= 0.6 is 0 Å². The molecule has 1 aromatic rings. The zero-order chi connectivity index (χ0) is 9.68. The molecule has 0 atom stereocenters. The number of nitrogens with zero attached hydrogens (tertiary/aromatic N) is 2. The van der Waals surface area contributed by atoms with Gasteiger partial charge in [0.15, 0.2) is 5.75 Å². The second-order valence-electron chi connectivity index (χ2n) is 2.43. The summed E-state index contributed by atoms with van der Waals surface area (Å²) in [6.07, 6.45) is 3.96. The number of isocyanates is 1. The lowest BCUT2D eigenvalue weighted by Gasteiger charge is -2.03. The minimum absolute atomic E-state index is 0.273. The van der Waals surface area contributed by atoms with E-state index in [9.17, 15) is 4.79 Å². The normalized spacial score (nSPS) is 9.08. The molecule has 1 heterocycles. The molecule has 1 aromatic heterocycles. The van der Waals surface area contributed by atoms with Crippen LogP contribution in [0, 0.1) is 0 Å². The van der Waals surface area contributed by atoms with Crippen LogP contribution in [0.1, 0.15) is 12.5 Å². The Labute approximate surface area is 76.3 Å². The van der Waals surface area contributed by atoms with Crippen molar-refractivity contribution in [2.75, 3.05) is 7.11 Å². The molecule has 0 N–H and O–H groups in total. The van der Waals surface area contributed by atoms with Crippen molar-refractivity contribution in [1.29, 1.82) is 0 Å². The summed E-state index contributed by atoms with van der Waals surface area (Å²) < 4.78 is 5.01. The van der Waals surface area contributed by atoms with Crippen LogP contribution in [0.25, 0.3) is 0 Å². The van der Waals surface area contributed by atoms with Crippen molar-refractivity contribution < 1.29 is 9.53 Å². The van der Waals surface area contributed by atoms with Crippen LogP contribution in [-0.2, 0) is 11.2 Å². The number of pyridine rings is 1. The number of ether oxygens (including phenoxy) is 1. The number of hydrogen-bond acceptors (Lipinski definition) is 4. The van der Waals surface area contributed by atoms with Crippen LogP contribution in [0.15, 0.2) is 17.3 Å². The number of methoxy groups -OCH3 is 1. The van der Waals surface area contributed by atoms with Gasteiger partial charge in [0.2, 0.25) is 11.9 Å². The molecule has 0 saturated heterocycles. The van der Waals surface area contributed by atoms with Crippen molar-refractivity contribution in [3.63, 3.8) is 0 Å². The molecule has 1 rings (SSSR count). The van der Waals surface area contributed by atoms with E-state index in [-0.39, 0.29) is 5.82 Å². The molecule has 13 heavy (non-hydrogen) atoms. The van der Waals surface area contributed by atoms with Crippen LogP contribution in [0.4, 0.5) is 5.82 Å². The lowest BCUT2D eigenvalue weighted by molar-refractivity contribution is 0.414. The molecule has 0 fully saturated rings. The molecule has 0 aliphatic rings. The van der Waals surface area contributed by atoms with E-state index < -0.39 is 0 Å². The summed E-state index contributed by atoms with van der Waals surface area (Å²) in [6, 6.07) is 1.81. The van der Waals surface area contributed by atoms with Crippen LogP contribution < -0.4 is 4.74 Å². The lowest BCUT2D eigenvalue weighted by Crippen LogP contribution is -1.89. The lowest BCUT2D eigenvalue weighted by atomic mass is 10.2. The van der Waals surface area contributed by atoms with E-state index in [2.05, 4.69) is 9.98 Å². The summed E-state index contributed by atoms with van der Waals surface area (Å²) >= 11 is 0. The molecule has 68 valence electrons. The fraction of sp³-hybridized carbons (Fsp3) is 0.333. The number of hydrogen-bond donors (Lipinski definition) is 0. The largest absolute Gasteiger partial charge is 0.493 e. The Morgan fingerprint density at radius 1 is 1.69 bits per heavy atom. The Hall–Kier alpha value is -1.67. The Balaban J connectivity index is 3.15. The summed E-state index contributed by atoms with van der Waals surface area (Å²) in [5.41, 5.74) is 1.04. The fourth-order valence-electron chi connectivity index (χ4n) is 0.949. The Morgan fingerprint density at radius 2 is 2.46 bits per heavy atom. The predicted octanol–water partition coefficient (Wildman–Crippen LogP) is 1.62. The second kappa shape index (κ2) is 4.38. The van der Waals surface area contributed by atoms with Crippen LogP contribution in [0.3, 0.4) is 0 Å². The summed E-state index contributed by atoms with van der Waals surface area (Å²) in [5, 5.41) is 0. The van der Waals surface area contributed by atoms with Crippen molar-refractivity contribution in [3.05, 3.63) is 17.8 Å². The summed E-state index contributed by atoms with van der Waals surface area (Å²) in [6.45, 7) is 2.01. The topological polar surface area (TPSA) is 51.5 Å². The minimum Gasteiger partial charge on any atom is -0.493 e. The summed E-state index contributed by atoms with van der Waals surface area (Å²) in [4.78, 5) is 17.4. The number of aliphatic imine (C=N–C) groups is 1. The van der Waals surface area contributed by atoms with Crippen molar-refractivity contribution in [1.82, 2.24) is 4.98 Å². The van der Waals surface area contributed by atoms with Gasteiger partial charge in [-0.05, 0) is 18.1 Å². The number of aromatic nitrogens is 1.